The molecule has 1 aliphatic rings. The van der Waals surface area contributed by atoms with Gasteiger partial charge in [-0.2, -0.15) is 0 Å². The predicted octanol–water partition coefficient (Wildman–Crippen LogP) is 2.37. The van der Waals surface area contributed by atoms with Crippen molar-refractivity contribution in [3.8, 4) is 0 Å². The fraction of sp³-hybridized carbons (Fsp3) is 0.556. The van der Waals surface area contributed by atoms with Crippen molar-refractivity contribution < 1.29 is 4.42 Å². The lowest BCUT2D eigenvalue weighted by molar-refractivity contribution is 0.487. The van der Waals surface area contributed by atoms with E-state index >= 15 is 0 Å². The molecule has 0 radical (unpaired) electrons. The minimum Gasteiger partial charge on any atom is -0.421 e. The van der Waals surface area contributed by atoms with Crippen molar-refractivity contribution in [3.05, 3.63) is 17.9 Å². The first kappa shape index (κ1) is 7.53. The van der Waals surface area contributed by atoms with Gasteiger partial charge in [0.15, 0.2) is 0 Å². The van der Waals surface area contributed by atoms with Crippen molar-refractivity contribution in [3.63, 3.8) is 0 Å². The van der Waals surface area contributed by atoms with Gasteiger partial charge in [-0.1, -0.05) is 13.0 Å². The number of aromatic nitrogens is 2. The average Bonchev–Trinajstić information content (AvgIpc) is 2.83. The lowest BCUT2D eigenvalue weighted by Crippen LogP contribution is -1.75. The molecule has 1 heterocycles. The Labute approximate surface area is 71.5 Å². The normalized spacial score (nSPS) is 17.4. The molecule has 0 N–H and O–H groups in total. The Morgan fingerprint density at radius 3 is 3.00 bits per heavy atom. The summed E-state index contributed by atoms with van der Waals surface area (Å²) >= 11 is 0. The van der Waals surface area contributed by atoms with Gasteiger partial charge in [0.1, 0.15) is 0 Å². The van der Waals surface area contributed by atoms with Gasteiger partial charge in [-0.3, -0.25) is 0 Å². The molecule has 3 heteroatoms. The predicted molar refractivity (Wildman–Crippen MR) is 45.6 cm³/mol. The summed E-state index contributed by atoms with van der Waals surface area (Å²) in [5.74, 6) is 2.01. The highest BCUT2D eigenvalue weighted by Crippen LogP contribution is 2.39. The van der Waals surface area contributed by atoms with Crippen LogP contribution in [0.15, 0.2) is 10.5 Å². The fourth-order valence-corrected chi connectivity index (χ4v) is 1.03. The number of rotatable bonds is 3. The average molecular weight is 164 g/mol. The Hall–Kier alpha value is -1.12. The summed E-state index contributed by atoms with van der Waals surface area (Å²) in [5, 5.41) is 7.87. The van der Waals surface area contributed by atoms with Gasteiger partial charge in [0.2, 0.25) is 11.8 Å². The second kappa shape index (κ2) is 3.09. The van der Waals surface area contributed by atoms with E-state index in [9.17, 15) is 0 Å². The molecule has 2 rings (SSSR count). The third-order valence-electron chi connectivity index (χ3n) is 1.88. The van der Waals surface area contributed by atoms with E-state index < -0.39 is 0 Å². The molecule has 0 atom stereocenters. The van der Waals surface area contributed by atoms with Crippen molar-refractivity contribution in [2.45, 2.75) is 32.1 Å². The second-order valence-corrected chi connectivity index (χ2v) is 3.06. The zero-order valence-electron chi connectivity index (χ0n) is 7.16. The highest BCUT2D eigenvalue weighted by Gasteiger charge is 2.28. The minimum absolute atomic E-state index is 0.557. The molecule has 0 aliphatic heterocycles. The van der Waals surface area contributed by atoms with Crippen molar-refractivity contribution in [1.29, 1.82) is 0 Å². The minimum atomic E-state index is 0.557. The molecule has 1 fully saturated rings. The van der Waals surface area contributed by atoms with Crippen LogP contribution in [-0.4, -0.2) is 10.2 Å². The number of hydrogen-bond acceptors (Lipinski definition) is 3. The van der Waals surface area contributed by atoms with E-state index in [2.05, 4.69) is 17.1 Å². The van der Waals surface area contributed by atoms with Gasteiger partial charge in [0.25, 0.3) is 0 Å². The van der Waals surface area contributed by atoms with Crippen LogP contribution >= 0.6 is 0 Å². The van der Waals surface area contributed by atoms with E-state index in [-0.39, 0.29) is 0 Å². The maximum absolute atomic E-state index is 5.40. The summed E-state index contributed by atoms with van der Waals surface area (Å²) in [4.78, 5) is 0. The summed E-state index contributed by atoms with van der Waals surface area (Å²) in [6.07, 6.45) is 7.31. The van der Waals surface area contributed by atoms with Crippen LogP contribution in [0.4, 0.5) is 0 Å². The molecule has 64 valence electrons. The summed E-state index contributed by atoms with van der Waals surface area (Å²) in [6, 6.07) is 0. The molecule has 0 amide bonds. The van der Waals surface area contributed by atoms with Crippen LogP contribution in [-0.2, 0) is 0 Å². The Balaban J connectivity index is 2.07. The van der Waals surface area contributed by atoms with Gasteiger partial charge < -0.3 is 4.42 Å². The van der Waals surface area contributed by atoms with Crippen LogP contribution in [0.2, 0.25) is 0 Å². The maximum Gasteiger partial charge on any atom is 0.240 e. The van der Waals surface area contributed by atoms with E-state index in [4.69, 9.17) is 4.42 Å². The summed E-state index contributed by atoms with van der Waals surface area (Å²) in [5.41, 5.74) is 0. The molecule has 12 heavy (non-hydrogen) atoms. The largest absolute Gasteiger partial charge is 0.421 e. The van der Waals surface area contributed by atoms with Gasteiger partial charge in [0, 0.05) is 5.92 Å². The molecule has 1 aromatic rings. The molecule has 1 aromatic heterocycles. The van der Waals surface area contributed by atoms with Crippen LogP contribution in [0.1, 0.15) is 43.9 Å². The van der Waals surface area contributed by atoms with Crippen LogP contribution in [0.3, 0.4) is 0 Å². The number of allylic oxidation sites excluding steroid dienone is 1. The van der Waals surface area contributed by atoms with Gasteiger partial charge in [-0.15, -0.1) is 10.2 Å². The van der Waals surface area contributed by atoms with Crippen molar-refractivity contribution in [2.24, 2.45) is 0 Å². The Kier molecular flexibility index (Phi) is 1.94. The Bertz CT molecular complexity index is 286. The zero-order valence-corrected chi connectivity index (χ0v) is 7.16. The SMILES string of the molecule is CC/C=C/c1nnc(C2CC2)o1. The third kappa shape index (κ3) is 1.55. The van der Waals surface area contributed by atoms with Crippen LogP contribution in [0, 0.1) is 0 Å². The molecule has 1 aliphatic carbocycles. The van der Waals surface area contributed by atoms with Gasteiger partial charge in [0.05, 0.1) is 0 Å². The first-order chi connectivity index (χ1) is 5.90. The van der Waals surface area contributed by atoms with E-state index in [0.29, 0.717) is 11.8 Å². The maximum atomic E-state index is 5.40. The van der Waals surface area contributed by atoms with Crippen molar-refractivity contribution in [2.75, 3.05) is 0 Å². The molecule has 0 aromatic carbocycles. The van der Waals surface area contributed by atoms with E-state index in [1.807, 2.05) is 12.2 Å². The molecule has 0 saturated heterocycles. The molecule has 3 nitrogen and oxygen atoms in total. The third-order valence-corrected chi connectivity index (χ3v) is 1.88. The van der Waals surface area contributed by atoms with E-state index in [0.717, 1.165) is 12.3 Å². The Morgan fingerprint density at radius 1 is 1.50 bits per heavy atom. The Morgan fingerprint density at radius 2 is 2.33 bits per heavy atom. The fourth-order valence-electron chi connectivity index (χ4n) is 1.03. The monoisotopic (exact) mass is 164 g/mol. The number of nitrogens with zero attached hydrogens (tertiary/aromatic N) is 2. The summed E-state index contributed by atoms with van der Waals surface area (Å²) in [7, 11) is 0. The highest BCUT2D eigenvalue weighted by molar-refractivity contribution is 5.36. The van der Waals surface area contributed by atoms with Gasteiger partial charge in [-0.05, 0) is 25.3 Å². The van der Waals surface area contributed by atoms with Crippen LogP contribution < -0.4 is 0 Å². The number of hydrogen-bond donors (Lipinski definition) is 0. The van der Waals surface area contributed by atoms with Crippen LogP contribution in [0.5, 0.6) is 0 Å². The lowest BCUT2D eigenvalue weighted by atomic mass is 10.4. The second-order valence-electron chi connectivity index (χ2n) is 3.06. The molecular formula is C9H12N2O. The topological polar surface area (TPSA) is 38.9 Å². The summed E-state index contributed by atoms with van der Waals surface area (Å²) in [6.45, 7) is 2.08. The van der Waals surface area contributed by atoms with Crippen molar-refractivity contribution in [1.82, 2.24) is 10.2 Å². The van der Waals surface area contributed by atoms with Crippen molar-refractivity contribution >= 4 is 6.08 Å². The first-order valence-electron chi connectivity index (χ1n) is 4.40. The van der Waals surface area contributed by atoms with E-state index in [1.165, 1.54) is 12.8 Å². The molecule has 0 spiro atoms. The standard InChI is InChI=1S/C9H12N2O/c1-2-3-4-8-10-11-9(12-8)7-5-6-7/h3-4,7H,2,5-6H2,1H3/b4-3+. The molecule has 1 saturated carbocycles. The quantitative estimate of drug-likeness (QED) is 0.688. The highest BCUT2D eigenvalue weighted by atomic mass is 16.4. The molecule has 0 unspecified atom stereocenters. The smallest absolute Gasteiger partial charge is 0.240 e. The van der Waals surface area contributed by atoms with Gasteiger partial charge >= 0.3 is 0 Å². The molecular weight excluding hydrogens is 152 g/mol. The first-order valence-corrected chi connectivity index (χ1v) is 4.40. The lowest BCUT2D eigenvalue weighted by Gasteiger charge is -1.82. The van der Waals surface area contributed by atoms with Gasteiger partial charge in [-0.25, -0.2) is 0 Å². The molecule has 0 bridgehead atoms. The van der Waals surface area contributed by atoms with Crippen LogP contribution in [0.25, 0.3) is 6.08 Å². The van der Waals surface area contributed by atoms with E-state index in [1.54, 1.807) is 0 Å². The summed E-state index contributed by atoms with van der Waals surface area (Å²) < 4.78 is 5.40. The zero-order chi connectivity index (χ0) is 8.39.